The molecule has 276 valence electrons. The fraction of sp³-hybridized carbons (Fsp3) is 0.595. The molecule has 10 nitrogen and oxygen atoms in total. The van der Waals surface area contributed by atoms with Crippen LogP contribution in [0.5, 0.6) is 5.75 Å². The van der Waals surface area contributed by atoms with Gasteiger partial charge in [-0.15, -0.1) is 0 Å². The van der Waals surface area contributed by atoms with Crippen LogP contribution in [0.2, 0.25) is 0 Å². The van der Waals surface area contributed by atoms with Crippen molar-refractivity contribution in [2.24, 2.45) is 11.8 Å². The number of aliphatic hydroxyl groups is 1. The number of urea groups is 1. The van der Waals surface area contributed by atoms with Crippen LogP contribution in [0.4, 0.5) is 29.3 Å². The van der Waals surface area contributed by atoms with Crippen LogP contribution in [0.1, 0.15) is 88.1 Å². The average Bonchev–Trinajstić information content (AvgIpc) is 3.09. The maximum Gasteiger partial charge on any atom is 0.416 e. The number of benzene rings is 2. The number of rotatable bonds is 7. The second kappa shape index (κ2) is 17.9. The molecule has 0 aromatic heterocycles. The maximum absolute atomic E-state index is 14.4. The molecule has 1 aliphatic heterocycles. The summed E-state index contributed by atoms with van der Waals surface area (Å²) in [5.74, 6) is -0.167. The van der Waals surface area contributed by atoms with E-state index < -0.39 is 29.7 Å². The number of amides is 4. The summed E-state index contributed by atoms with van der Waals surface area (Å²) < 4.78 is 51.5. The number of hydrogen-bond donors (Lipinski definition) is 3. The first-order valence-electron chi connectivity index (χ1n) is 17.6. The average molecular weight is 705 g/mol. The van der Waals surface area contributed by atoms with Gasteiger partial charge in [0.2, 0.25) is 5.91 Å². The van der Waals surface area contributed by atoms with Gasteiger partial charge in [-0.2, -0.15) is 13.2 Å². The fourth-order valence-electron chi connectivity index (χ4n) is 6.52. The molecular weight excluding hydrogens is 653 g/mol. The molecular formula is C37H51F3N4O6. The van der Waals surface area contributed by atoms with E-state index in [0.29, 0.717) is 25.3 Å². The Labute approximate surface area is 292 Å². The molecule has 3 N–H and O–H groups in total. The summed E-state index contributed by atoms with van der Waals surface area (Å²) in [5.41, 5.74) is -0.249. The van der Waals surface area contributed by atoms with Crippen molar-refractivity contribution in [1.29, 1.82) is 0 Å². The number of halogens is 3. The summed E-state index contributed by atoms with van der Waals surface area (Å²) in [6.07, 6.45) is 2.27. The molecule has 0 bridgehead atoms. The first-order valence-corrected chi connectivity index (χ1v) is 17.6. The predicted molar refractivity (Wildman–Crippen MR) is 185 cm³/mol. The Hall–Kier alpha value is -3.84. The molecule has 4 rings (SSSR count). The van der Waals surface area contributed by atoms with E-state index in [1.54, 1.807) is 28.9 Å². The van der Waals surface area contributed by atoms with Gasteiger partial charge in [0.1, 0.15) is 5.75 Å². The van der Waals surface area contributed by atoms with Crippen LogP contribution in [-0.4, -0.2) is 84.4 Å². The van der Waals surface area contributed by atoms with Gasteiger partial charge in [0.25, 0.3) is 5.91 Å². The van der Waals surface area contributed by atoms with Gasteiger partial charge in [-0.1, -0.05) is 26.2 Å². The summed E-state index contributed by atoms with van der Waals surface area (Å²) in [6, 6.07) is 7.44. The number of carbonyl (C=O) groups is 3. The Bertz CT molecular complexity index is 1430. The number of likely N-dealkylation sites (N-methyl/N-ethyl adjacent to an activating group) is 1. The molecule has 50 heavy (non-hydrogen) atoms. The van der Waals surface area contributed by atoms with Crippen molar-refractivity contribution in [3.05, 3.63) is 53.6 Å². The molecule has 2 aromatic rings. The molecule has 0 saturated heterocycles. The van der Waals surface area contributed by atoms with Crippen molar-refractivity contribution in [2.45, 2.75) is 96.6 Å². The summed E-state index contributed by atoms with van der Waals surface area (Å²) in [5, 5.41) is 15.4. The number of nitrogens with one attached hydrogen (secondary N) is 2. The Morgan fingerprint density at radius 2 is 1.62 bits per heavy atom. The van der Waals surface area contributed by atoms with Gasteiger partial charge in [0.05, 0.1) is 36.0 Å². The maximum atomic E-state index is 14.4. The van der Waals surface area contributed by atoms with Gasteiger partial charge in [-0.25, -0.2) is 4.79 Å². The van der Waals surface area contributed by atoms with E-state index in [9.17, 15) is 32.7 Å². The predicted octanol–water partition coefficient (Wildman–Crippen LogP) is 7.18. The third-order valence-corrected chi connectivity index (χ3v) is 9.56. The van der Waals surface area contributed by atoms with Crippen LogP contribution in [0.25, 0.3) is 0 Å². The highest BCUT2D eigenvalue weighted by Crippen LogP contribution is 2.31. The van der Waals surface area contributed by atoms with E-state index in [-0.39, 0.29) is 60.0 Å². The van der Waals surface area contributed by atoms with Crippen molar-refractivity contribution in [3.8, 4) is 5.75 Å². The molecule has 1 saturated carbocycles. The summed E-state index contributed by atoms with van der Waals surface area (Å²) >= 11 is 0. The van der Waals surface area contributed by atoms with Crippen LogP contribution in [0, 0.1) is 11.8 Å². The van der Waals surface area contributed by atoms with E-state index in [1.807, 2.05) is 20.9 Å². The van der Waals surface area contributed by atoms with Gasteiger partial charge in [0, 0.05) is 50.0 Å². The molecule has 1 fully saturated rings. The van der Waals surface area contributed by atoms with Crippen molar-refractivity contribution in [1.82, 2.24) is 9.80 Å². The van der Waals surface area contributed by atoms with E-state index in [0.717, 1.165) is 69.2 Å². The molecule has 4 amide bonds. The van der Waals surface area contributed by atoms with Crippen LogP contribution >= 0.6 is 0 Å². The second-order valence-electron chi connectivity index (χ2n) is 13.7. The highest BCUT2D eigenvalue weighted by molar-refractivity contribution is 6.02. The first-order chi connectivity index (χ1) is 23.8. The molecule has 0 spiro atoms. The number of ether oxygens (including phenoxy) is 2. The monoisotopic (exact) mass is 704 g/mol. The normalized spacial score (nSPS) is 22.0. The van der Waals surface area contributed by atoms with Crippen LogP contribution < -0.4 is 15.4 Å². The number of anilines is 2. The lowest BCUT2D eigenvalue weighted by Crippen LogP contribution is -2.48. The zero-order chi connectivity index (χ0) is 36.4. The number of carbonyl (C=O) groups excluding carboxylic acids is 3. The standard InChI is InChI=1S/C37H51F3N4O6/c1-24-21-44(25(2)23-45)35(47)31-20-30(42-36(48)41-29-15-13-28(14-16-29)37(38,39)40)17-18-32(31)50-26(3)10-8-9-19-49-33(24)22-43(4)34(46)27-11-6-5-7-12-27/h13-18,20,24-27,33,45H,5-12,19,21-23H2,1-4H3,(H2,41,42,48)/t24-,25+,26+,33+/m1/s1. The van der Waals surface area contributed by atoms with Gasteiger partial charge in [0.15, 0.2) is 0 Å². The molecule has 0 unspecified atom stereocenters. The Kier molecular flexibility index (Phi) is 13.9. The molecule has 4 atom stereocenters. The van der Waals surface area contributed by atoms with Crippen LogP contribution in [-0.2, 0) is 15.7 Å². The lowest BCUT2D eigenvalue weighted by molar-refractivity contribution is -0.138. The molecule has 1 aliphatic carbocycles. The minimum absolute atomic E-state index is 0.0212. The molecule has 2 aliphatic rings. The van der Waals surface area contributed by atoms with Crippen LogP contribution in [0.3, 0.4) is 0 Å². The zero-order valence-electron chi connectivity index (χ0n) is 29.4. The van der Waals surface area contributed by atoms with Gasteiger partial charge in [-0.05, 0) is 88.4 Å². The Morgan fingerprint density at radius 1 is 0.980 bits per heavy atom. The van der Waals surface area contributed by atoms with Crippen molar-refractivity contribution < 1.29 is 42.1 Å². The summed E-state index contributed by atoms with van der Waals surface area (Å²) in [7, 11) is 1.81. The largest absolute Gasteiger partial charge is 0.490 e. The number of nitrogens with zero attached hydrogens (tertiary/aromatic N) is 2. The number of alkyl halides is 3. The number of fused-ring (bicyclic) bond motifs is 1. The van der Waals surface area contributed by atoms with Crippen molar-refractivity contribution >= 4 is 29.2 Å². The summed E-state index contributed by atoms with van der Waals surface area (Å²) in [4.78, 5) is 43.8. The van der Waals surface area contributed by atoms with Crippen molar-refractivity contribution in [3.63, 3.8) is 0 Å². The minimum atomic E-state index is -4.50. The Balaban J connectivity index is 1.57. The quantitative estimate of drug-likeness (QED) is 0.281. The first kappa shape index (κ1) is 39.0. The third kappa shape index (κ3) is 10.8. The SMILES string of the molecule is C[C@@H]1CN([C@@H](C)CO)C(=O)c2cc(NC(=O)Nc3ccc(C(F)(F)F)cc3)ccc2O[C@@H](C)CCCCO[C@H]1CN(C)C(=O)C1CCCCC1. The third-order valence-electron chi connectivity index (χ3n) is 9.56. The molecule has 13 heteroatoms. The van der Waals surface area contributed by atoms with E-state index in [4.69, 9.17) is 9.47 Å². The van der Waals surface area contributed by atoms with E-state index in [2.05, 4.69) is 10.6 Å². The second-order valence-corrected chi connectivity index (χ2v) is 13.7. The summed E-state index contributed by atoms with van der Waals surface area (Å²) in [6.45, 7) is 6.42. The highest BCUT2D eigenvalue weighted by atomic mass is 19.4. The van der Waals surface area contributed by atoms with Gasteiger partial charge >= 0.3 is 12.2 Å². The van der Waals surface area contributed by atoms with E-state index in [1.165, 1.54) is 6.07 Å². The lowest BCUT2D eigenvalue weighted by atomic mass is 9.88. The molecule has 1 heterocycles. The zero-order valence-corrected chi connectivity index (χ0v) is 29.4. The van der Waals surface area contributed by atoms with Crippen LogP contribution in [0.15, 0.2) is 42.5 Å². The molecule has 2 aromatic carbocycles. The lowest BCUT2D eigenvalue weighted by Gasteiger charge is -2.36. The highest BCUT2D eigenvalue weighted by Gasteiger charge is 2.33. The van der Waals surface area contributed by atoms with Gasteiger partial charge < -0.3 is 35.0 Å². The number of hydrogen-bond acceptors (Lipinski definition) is 6. The smallest absolute Gasteiger partial charge is 0.416 e. The molecule has 0 radical (unpaired) electrons. The van der Waals surface area contributed by atoms with Gasteiger partial charge in [-0.3, -0.25) is 9.59 Å². The van der Waals surface area contributed by atoms with Crippen molar-refractivity contribution in [2.75, 3.05) is 44.0 Å². The minimum Gasteiger partial charge on any atom is -0.490 e. The van der Waals surface area contributed by atoms with E-state index >= 15 is 0 Å². The topological polar surface area (TPSA) is 120 Å². The Morgan fingerprint density at radius 3 is 2.28 bits per heavy atom. The fourth-order valence-corrected chi connectivity index (χ4v) is 6.52. The number of aliphatic hydroxyl groups excluding tert-OH is 1.